The van der Waals surface area contributed by atoms with Crippen LogP contribution < -0.4 is 4.74 Å². The number of hydrogen-bond acceptors (Lipinski definition) is 5. The van der Waals surface area contributed by atoms with E-state index in [2.05, 4.69) is 0 Å². The van der Waals surface area contributed by atoms with Crippen molar-refractivity contribution in [3.8, 4) is 5.75 Å². The summed E-state index contributed by atoms with van der Waals surface area (Å²) >= 11 is 6.40. The van der Waals surface area contributed by atoms with Gasteiger partial charge in [0.05, 0.1) is 12.7 Å². The number of hydrogen-bond donors (Lipinski definition) is 2. The lowest BCUT2D eigenvalue weighted by Gasteiger charge is -2.45. The molecule has 1 aliphatic rings. The van der Waals surface area contributed by atoms with E-state index in [9.17, 15) is 10.2 Å². The van der Waals surface area contributed by atoms with E-state index in [0.717, 1.165) is 16.9 Å². The van der Waals surface area contributed by atoms with Gasteiger partial charge in [-0.25, -0.2) is 0 Å². The van der Waals surface area contributed by atoms with Gasteiger partial charge in [0, 0.05) is 30.5 Å². The molecule has 3 atom stereocenters. The largest absolute Gasteiger partial charge is 0.494 e. The van der Waals surface area contributed by atoms with Gasteiger partial charge in [-0.15, -0.1) is 0 Å². The zero-order valence-electron chi connectivity index (χ0n) is 16.4. The third kappa shape index (κ3) is 4.67. The molecule has 0 aromatic heterocycles. The van der Waals surface area contributed by atoms with Crippen LogP contribution in [-0.4, -0.2) is 35.8 Å². The lowest BCUT2D eigenvalue weighted by molar-refractivity contribution is -0.378. The first-order valence-electron chi connectivity index (χ1n) is 9.43. The number of aliphatic hydroxyl groups is 2. The van der Waals surface area contributed by atoms with Gasteiger partial charge < -0.3 is 24.4 Å². The summed E-state index contributed by atoms with van der Waals surface area (Å²) in [5.41, 5.74) is 2.47. The van der Waals surface area contributed by atoms with Gasteiger partial charge in [0.15, 0.2) is 11.6 Å². The fourth-order valence-corrected chi connectivity index (χ4v) is 3.79. The van der Waals surface area contributed by atoms with Gasteiger partial charge in [-0.05, 0) is 55.7 Å². The summed E-state index contributed by atoms with van der Waals surface area (Å²) in [5.74, 6) is -1.90. The maximum atomic E-state index is 11.1. The molecule has 1 fully saturated rings. The van der Waals surface area contributed by atoms with Crippen LogP contribution in [0.25, 0.3) is 0 Å². The minimum atomic E-state index is -1.65. The zero-order chi connectivity index (χ0) is 20.4. The predicted octanol–water partition coefficient (Wildman–Crippen LogP) is 4.01. The molecular formula is C22H27ClO5. The first kappa shape index (κ1) is 21.1. The van der Waals surface area contributed by atoms with Gasteiger partial charge >= 0.3 is 0 Å². The molecule has 3 rings (SSSR count). The van der Waals surface area contributed by atoms with Crippen LogP contribution in [0.5, 0.6) is 5.75 Å². The summed E-state index contributed by atoms with van der Waals surface area (Å²) in [7, 11) is 1.50. The van der Waals surface area contributed by atoms with E-state index >= 15 is 0 Å². The fraction of sp³-hybridized carbons (Fsp3) is 0.455. The van der Waals surface area contributed by atoms with Gasteiger partial charge in [-0.1, -0.05) is 29.8 Å². The van der Waals surface area contributed by atoms with Crippen molar-refractivity contribution in [2.75, 3.05) is 13.7 Å². The number of rotatable bonds is 6. The Balaban J connectivity index is 1.86. The SMILES string of the molecule is CCOc1ccc(Cc2cc(C3(O)CC(O)CC(C)(OC)O3)ccc2Cl)cc1. The van der Waals surface area contributed by atoms with E-state index in [4.69, 9.17) is 25.8 Å². The first-order valence-corrected chi connectivity index (χ1v) is 9.81. The van der Waals surface area contributed by atoms with Crippen LogP contribution >= 0.6 is 11.6 Å². The molecule has 0 spiro atoms. The molecule has 28 heavy (non-hydrogen) atoms. The maximum Gasteiger partial charge on any atom is 0.197 e. The average Bonchev–Trinajstić information content (AvgIpc) is 2.64. The minimum Gasteiger partial charge on any atom is -0.494 e. The summed E-state index contributed by atoms with van der Waals surface area (Å²) < 4.78 is 16.7. The summed E-state index contributed by atoms with van der Waals surface area (Å²) in [4.78, 5) is 0. The highest BCUT2D eigenvalue weighted by atomic mass is 35.5. The highest BCUT2D eigenvalue weighted by Gasteiger charge is 2.47. The molecule has 0 saturated carbocycles. The van der Waals surface area contributed by atoms with E-state index < -0.39 is 17.7 Å². The Morgan fingerprint density at radius 2 is 1.89 bits per heavy atom. The van der Waals surface area contributed by atoms with Gasteiger partial charge in [-0.3, -0.25) is 0 Å². The second-order valence-electron chi connectivity index (χ2n) is 7.35. The van der Waals surface area contributed by atoms with Crippen molar-refractivity contribution in [3.63, 3.8) is 0 Å². The van der Waals surface area contributed by atoms with Gasteiger partial charge in [0.25, 0.3) is 0 Å². The minimum absolute atomic E-state index is 0.0656. The normalized spacial score (nSPS) is 27.6. The molecule has 0 bridgehead atoms. The molecule has 6 heteroatoms. The van der Waals surface area contributed by atoms with E-state index in [1.54, 1.807) is 19.1 Å². The zero-order valence-corrected chi connectivity index (χ0v) is 17.2. The van der Waals surface area contributed by atoms with E-state index in [1.165, 1.54) is 7.11 Å². The summed E-state index contributed by atoms with van der Waals surface area (Å²) in [6, 6.07) is 13.1. The molecule has 0 amide bonds. The van der Waals surface area contributed by atoms with Crippen molar-refractivity contribution in [2.45, 2.75) is 50.8 Å². The van der Waals surface area contributed by atoms with Crippen LogP contribution in [0.4, 0.5) is 0 Å². The molecule has 2 N–H and O–H groups in total. The van der Waals surface area contributed by atoms with Crippen molar-refractivity contribution in [2.24, 2.45) is 0 Å². The molecule has 1 saturated heterocycles. The summed E-state index contributed by atoms with van der Waals surface area (Å²) in [6.45, 7) is 4.28. The Bertz CT molecular complexity index is 809. The number of methoxy groups -OCH3 is 1. The third-order valence-electron chi connectivity index (χ3n) is 5.06. The monoisotopic (exact) mass is 406 g/mol. The second-order valence-corrected chi connectivity index (χ2v) is 7.75. The van der Waals surface area contributed by atoms with Crippen LogP contribution in [0.1, 0.15) is 43.4 Å². The molecule has 5 nitrogen and oxygen atoms in total. The predicted molar refractivity (Wildman–Crippen MR) is 108 cm³/mol. The lowest BCUT2D eigenvalue weighted by atomic mass is 9.90. The van der Waals surface area contributed by atoms with Crippen LogP contribution in [0.2, 0.25) is 5.02 Å². The lowest BCUT2D eigenvalue weighted by Crippen LogP contribution is -2.51. The van der Waals surface area contributed by atoms with Crippen LogP contribution in [-0.2, 0) is 21.7 Å². The van der Waals surface area contributed by atoms with Crippen molar-refractivity contribution >= 4 is 11.6 Å². The fourth-order valence-electron chi connectivity index (χ4n) is 3.61. The van der Waals surface area contributed by atoms with Crippen LogP contribution in [0, 0.1) is 0 Å². The van der Waals surface area contributed by atoms with Gasteiger partial charge in [0.1, 0.15) is 5.75 Å². The Morgan fingerprint density at radius 3 is 2.54 bits per heavy atom. The molecule has 152 valence electrons. The van der Waals surface area contributed by atoms with Crippen molar-refractivity contribution in [1.82, 2.24) is 0 Å². The van der Waals surface area contributed by atoms with E-state index in [0.29, 0.717) is 30.0 Å². The number of aliphatic hydroxyl groups excluding tert-OH is 1. The Morgan fingerprint density at radius 1 is 1.18 bits per heavy atom. The number of benzene rings is 2. The summed E-state index contributed by atoms with van der Waals surface area (Å²) in [6.07, 6.45) is 0.210. The van der Waals surface area contributed by atoms with Crippen molar-refractivity contribution in [1.29, 1.82) is 0 Å². The van der Waals surface area contributed by atoms with Crippen molar-refractivity contribution < 1.29 is 24.4 Å². The molecular weight excluding hydrogens is 380 g/mol. The number of halogens is 1. The van der Waals surface area contributed by atoms with E-state index in [1.807, 2.05) is 37.3 Å². The first-order chi connectivity index (χ1) is 13.3. The third-order valence-corrected chi connectivity index (χ3v) is 5.43. The van der Waals surface area contributed by atoms with Crippen LogP contribution in [0.3, 0.4) is 0 Å². The molecule has 2 aromatic rings. The smallest absolute Gasteiger partial charge is 0.197 e. The maximum absolute atomic E-state index is 11.1. The Kier molecular flexibility index (Phi) is 6.32. The molecule has 1 aliphatic heterocycles. The summed E-state index contributed by atoms with van der Waals surface area (Å²) in [5, 5.41) is 22.0. The van der Waals surface area contributed by atoms with Gasteiger partial charge in [0.2, 0.25) is 0 Å². The molecule has 2 aromatic carbocycles. The Hall–Kier alpha value is -1.63. The quantitative estimate of drug-likeness (QED) is 0.758. The average molecular weight is 407 g/mol. The molecule has 0 radical (unpaired) electrons. The van der Waals surface area contributed by atoms with Gasteiger partial charge in [-0.2, -0.15) is 0 Å². The molecule has 0 aliphatic carbocycles. The number of ether oxygens (including phenoxy) is 3. The Labute approximate surface area is 170 Å². The van der Waals surface area contributed by atoms with E-state index in [-0.39, 0.29) is 6.42 Å². The molecule has 1 heterocycles. The second kappa shape index (κ2) is 8.39. The highest BCUT2D eigenvalue weighted by molar-refractivity contribution is 6.31. The van der Waals surface area contributed by atoms with Crippen LogP contribution in [0.15, 0.2) is 42.5 Å². The highest BCUT2D eigenvalue weighted by Crippen LogP contribution is 2.41. The topological polar surface area (TPSA) is 68.2 Å². The standard InChI is InChI=1S/C22H27ClO5/c1-4-27-19-8-5-15(6-9-19)11-16-12-17(7-10-20(16)23)22(25)14-18(24)13-21(2,26-3)28-22/h5-10,12,18,24-25H,4,11,13-14H2,1-3H3. The van der Waals surface area contributed by atoms with Crippen molar-refractivity contribution in [3.05, 3.63) is 64.2 Å². The molecule has 3 unspecified atom stereocenters.